The highest BCUT2D eigenvalue weighted by Gasteiger charge is 2.09. The Kier molecular flexibility index (Phi) is 4.48. The minimum Gasteiger partial charge on any atom is -0.423 e. The van der Waals surface area contributed by atoms with Crippen LogP contribution in [-0.4, -0.2) is 5.97 Å². The minimum absolute atomic E-state index is 0.287. The molecule has 3 aromatic carbocycles. The number of esters is 1. The zero-order chi connectivity index (χ0) is 18.8. The summed E-state index contributed by atoms with van der Waals surface area (Å²) in [6, 6.07) is 19.3. The number of benzene rings is 3. The topological polar surface area (TPSA) is 56.5 Å². The Morgan fingerprint density at radius 2 is 1.67 bits per heavy atom. The van der Waals surface area contributed by atoms with Gasteiger partial charge in [-0.15, -0.1) is 0 Å². The van der Waals surface area contributed by atoms with Crippen molar-refractivity contribution in [3.05, 3.63) is 93.8 Å². The Bertz CT molecular complexity index is 1250. The number of carbonyl (C=O) groups excluding carboxylic acids is 1. The molecule has 0 fully saturated rings. The normalized spacial score (nSPS) is 11.3. The van der Waals surface area contributed by atoms with Gasteiger partial charge in [0.25, 0.3) is 0 Å². The predicted molar refractivity (Wildman–Crippen MR) is 106 cm³/mol. The van der Waals surface area contributed by atoms with Gasteiger partial charge in [0.2, 0.25) is 0 Å². The Labute approximate surface area is 159 Å². The van der Waals surface area contributed by atoms with E-state index >= 15 is 0 Å². The largest absolute Gasteiger partial charge is 0.423 e. The first-order valence-electron chi connectivity index (χ1n) is 8.22. The molecule has 0 N–H and O–H groups in total. The average molecular weight is 377 g/mol. The third-order valence-corrected chi connectivity index (χ3v) is 4.46. The lowest BCUT2D eigenvalue weighted by atomic mass is 10.1. The van der Waals surface area contributed by atoms with Crippen LogP contribution in [0.25, 0.3) is 27.8 Å². The van der Waals surface area contributed by atoms with Gasteiger partial charge in [-0.2, -0.15) is 0 Å². The highest BCUT2D eigenvalue weighted by atomic mass is 35.5. The highest BCUT2D eigenvalue weighted by Crippen LogP contribution is 2.26. The van der Waals surface area contributed by atoms with Crippen molar-refractivity contribution in [1.29, 1.82) is 0 Å². The van der Waals surface area contributed by atoms with Crippen LogP contribution in [0.5, 0.6) is 5.75 Å². The van der Waals surface area contributed by atoms with Gasteiger partial charge in [-0.25, -0.2) is 9.59 Å². The number of halogens is 1. The van der Waals surface area contributed by atoms with E-state index in [0.29, 0.717) is 21.6 Å². The molecular formula is C22H13ClO4. The van der Waals surface area contributed by atoms with Crippen molar-refractivity contribution in [2.75, 3.05) is 0 Å². The average Bonchev–Trinajstić information content (AvgIpc) is 2.67. The summed E-state index contributed by atoms with van der Waals surface area (Å²) in [5.74, 6) is -0.271. The molecule has 4 rings (SSSR count). The minimum atomic E-state index is -0.558. The van der Waals surface area contributed by atoms with Crippen molar-refractivity contribution in [3.8, 4) is 5.75 Å². The van der Waals surface area contributed by atoms with Crippen LogP contribution in [0.15, 0.2) is 82.0 Å². The second kappa shape index (κ2) is 7.09. The zero-order valence-electron chi connectivity index (χ0n) is 14.0. The quantitative estimate of drug-likeness (QED) is 0.162. The standard InChI is InChI=1S/C22H13ClO4/c23-19-8-4-1-5-14(19)9-12-21(24)26-15-10-11-17-16-6-2-3-7-18(16)22(25)27-20(17)13-15/h1-13H. The summed E-state index contributed by atoms with van der Waals surface area (Å²) in [5.41, 5.74) is 0.645. The lowest BCUT2D eigenvalue weighted by molar-refractivity contribution is -0.128. The molecule has 4 aromatic rings. The number of rotatable bonds is 3. The molecule has 0 amide bonds. The first kappa shape index (κ1) is 17.1. The van der Waals surface area contributed by atoms with Crippen LogP contribution < -0.4 is 10.4 Å². The highest BCUT2D eigenvalue weighted by molar-refractivity contribution is 6.32. The van der Waals surface area contributed by atoms with Gasteiger partial charge in [-0.3, -0.25) is 0 Å². The van der Waals surface area contributed by atoms with E-state index in [2.05, 4.69) is 0 Å². The number of hydrogen-bond donors (Lipinski definition) is 0. The third kappa shape index (κ3) is 3.48. The lowest BCUT2D eigenvalue weighted by Gasteiger charge is -2.05. The van der Waals surface area contributed by atoms with Crippen LogP contribution in [0.4, 0.5) is 0 Å². The molecule has 0 aliphatic heterocycles. The van der Waals surface area contributed by atoms with E-state index in [1.807, 2.05) is 24.3 Å². The molecule has 4 nitrogen and oxygen atoms in total. The van der Waals surface area contributed by atoms with Crippen molar-refractivity contribution >= 4 is 45.4 Å². The SMILES string of the molecule is O=C(C=Cc1ccccc1Cl)Oc1ccc2c(c1)oc(=O)c1ccccc12. The number of fused-ring (bicyclic) bond motifs is 3. The molecule has 0 atom stereocenters. The van der Waals surface area contributed by atoms with E-state index in [1.54, 1.807) is 42.5 Å². The van der Waals surface area contributed by atoms with Crippen LogP contribution >= 0.6 is 11.6 Å². The summed E-state index contributed by atoms with van der Waals surface area (Å²) in [7, 11) is 0. The molecule has 0 aliphatic rings. The molecule has 0 saturated heterocycles. The van der Waals surface area contributed by atoms with Crippen molar-refractivity contribution in [2.24, 2.45) is 0 Å². The smallest absolute Gasteiger partial charge is 0.344 e. The van der Waals surface area contributed by atoms with Gasteiger partial charge in [0.1, 0.15) is 11.3 Å². The maximum absolute atomic E-state index is 12.1. The van der Waals surface area contributed by atoms with E-state index in [4.69, 9.17) is 20.8 Å². The van der Waals surface area contributed by atoms with Crippen LogP contribution in [-0.2, 0) is 4.79 Å². The van der Waals surface area contributed by atoms with Gasteiger partial charge in [0.05, 0.1) is 5.39 Å². The van der Waals surface area contributed by atoms with Crippen molar-refractivity contribution in [1.82, 2.24) is 0 Å². The summed E-state index contributed by atoms with van der Waals surface area (Å²) in [4.78, 5) is 24.2. The van der Waals surface area contributed by atoms with E-state index in [9.17, 15) is 9.59 Å². The maximum atomic E-state index is 12.1. The molecule has 5 heteroatoms. The first-order valence-corrected chi connectivity index (χ1v) is 8.60. The molecule has 1 aromatic heterocycles. The summed E-state index contributed by atoms with van der Waals surface area (Å²) < 4.78 is 10.7. The van der Waals surface area contributed by atoms with Gasteiger partial charge < -0.3 is 9.15 Å². The van der Waals surface area contributed by atoms with Gasteiger partial charge in [0, 0.05) is 22.6 Å². The van der Waals surface area contributed by atoms with E-state index < -0.39 is 11.6 Å². The lowest BCUT2D eigenvalue weighted by Crippen LogP contribution is -2.04. The summed E-state index contributed by atoms with van der Waals surface area (Å²) in [6.45, 7) is 0. The number of carbonyl (C=O) groups is 1. The Morgan fingerprint density at radius 3 is 2.48 bits per heavy atom. The second-order valence-electron chi connectivity index (χ2n) is 5.87. The molecule has 0 radical (unpaired) electrons. The van der Waals surface area contributed by atoms with Gasteiger partial charge in [0.15, 0.2) is 0 Å². The van der Waals surface area contributed by atoms with Crippen LogP contribution in [0.3, 0.4) is 0 Å². The van der Waals surface area contributed by atoms with Crippen molar-refractivity contribution in [2.45, 2.75) is 0 Å². The molecule has 132 valence electrons. The van der Waals surface area contributed by atoms with E-state index in [-0.39, 0.29) is 5.75 Å². The Morgan fingerprint density at radius 1 is 0.926 bits per heavy atom. The number of ether oxygens (including phenoxy) is 1. The molecule has 0 aliphatic carbocycles. The van der Waals surface area contributed by atoms with Gasteiger partial charge in [-0.05, 0) is 41.3 Å². The predicted octanol–water partition coefficient (Wildman–Crippen LogP) is 5.22. The van der Waals surface area contributed by atoms with E-state index in [0.717, 1.165) is 10.8 Å². The van der Waals surface area contributed by atoms with Crippen LogP contribution in [0.2, 0.25) is 5.02 Å². The summed E-state index contributed by atoms with van der Waals surface area (Å²) in [6.07, 6.45) is 2.88. The zero-order valence-corrected chi connectivity index (χ0v) is 14.8. The van der Waals surface area contributed by atoms with Crippen LogP contribution in [0.1, 0.15) is 5.56 Å². The molecule has 0 spiro atoms. The fourth-order valence-corrected chi connectivity index (χ4v) is 3.04. The fourth-order valence-electron chi connectivity index (χ4n) is 2.84. The summed E-state index contributed by atoms with van der Waals surface area (Å²) >= 11 is 6.05. The molecule has 0 bridgehead atoms. The fraction of sp³-hybridized carbons (Fsp3) is 0. The number of hydrogen-bond acceptors (Lipinski definition) is 4. The van der Waals surface area contributed by atoms with Crippen molar-refractivity contribution < 1.29 is 13.9 Å². The Balaban J connectivity index is 1.63. The molecule has 27 heavy (non-hydrogen) atoms. The van der Waals surface area contributed by atoms with Crippen molar-refractivity contribution in [3.63, 3.8) is 0 Å². The Hall–Kier alpha value is -3.37. The van der Waals surface area contributed by atoms with Crippen LogP contribution in [0, 0.1) is 0 Å². The maximum Gasteiger partial charge on any atom is 0.344 e. The summed E-state index contributed by atoms with van der Waals surface area (Å²) in [5, 5.41) is 2.62. The second-order valence-corrected chi connectivity index (χ2v) is 6.28. The molecule has 1 heterocycles. The van der Waals surface area contributed by atoms with Gasteiger partial charge in [-0.1, -0.05) is 48.0 Å². The first-order chi connectivity index (χ1) is 13.1. The van der Waals surface area contributed by atoms with E-state index in [1.165, 1.54) is 12.1 Å². The molecule has 0 unspecified atom stereocenters. The monoisotopic (exact) mass is 376 g/mol. The third-order valence-electron chi connectivity index (χ3n) is 4.12. The molecule has 0 saturated carbocycles. The molecular weight excluding hydrogens is 364 g/mol. The van der Waals surface area contributed by atoms with Gasteiger partial charge >= 0.3 is 11.6 Å².